The Morgan fingerprint density at radius 3 is 2.53 bits per heavy atom. The highest BCUT2D eigenvalue weighted by Crippen LogP contribution is 2.26. The van der Waals surface area contributed by atoms with Crippen LogP contribution in [0.3, 0.4) is 0 Å². The average molecular weight is 461 g/mol. The van der Waals surface area contributed by atoms with E-state index in [2.05, 4.69) is 10.3 Å². The van der Waals surface area contributed by atoms with Crippen molar-refractivity contribution >= 4 is 48.8 Å². The Labute approximate surface area is 181 Å². The fraction of sp³-hybridized carbons (Fsp3) is 0.0476. The molecule has 5 nitrogen and oxygen atoms in total. The van der Waals surface area contributed by atoms with Gasteiger partial charge in [0.2, 0.25) is 9.84 Å². The quantitative estimate of drug-likeness (QED) is 0.462. The number of nitrogens with zero attached hydrogens (tertiary/aromatic N) is 1. The molecule has 0 fully saturated rings. The largest absolute Gasteiger partial charge is 0.347 e. The molecule has 0 saturated carbocycles. The summed E-state index contributed by atoms with van der Waals surface area (Å²) in [5.41, 5.74) is 0.724. The van der Waals surface area contributed by atoms with Crippen molar-refractivity contribution in [3.8, 4) is 0 Å². The number of hydrogen-bond donors (Lipinski definition) is 1. The Kier molecular flexibility index (Phi) is 5.55. The Morgan fingerprint density at radius 2 is 1.83 bits per heavy atom. The molecule has 0 unspecified atom stereocenters. The zero-order valence-corrected chi connectivity index (χ0v) is 17.7. The molecular weight excluding hydrogens is 447 g/mol. The summed E-state index contributed by atoms with van der Waals surface area (Å²) in [5.74, 6) is -0.945. The first-order chi connectivity index (χ1) is 14.3. The van der Waals surface area contributed by atoms with Gasteiger partial charge in [0.05, 0.1) is 19.4 Å². The van der Waals surface area contributed by atoms with Crippen molar-refractivity contribution in [1.82, 2.24) is 10.3 Å². The van der Waals surface area contributed by atoms with E-state index in [1.807, 2.05) is 6.07 Å². The van der Waals surface area contributed by atoms with E-state index in [0.29, 0.717) is 4.88 Å². The van der Waals surface area contributed by atoms with E-state index in [-0.39, 0.29) is 27.3 Å². The molecule has 30 heavy (non-hydrogen) atoms. The number of thiophene rings is 1. The third-order valence-corrected chi connectivity index (χ3v) is 7.43. The molecule has 0 bridgehead atoms. The number of benzene rings is 2. The van der Waals surface area contributed by atoms with Gasteiger partial charge in [-0.1, -0.05) is 23.7 Å². The van der Waals surface area contributed by atoms with Crippen molar-refractivity contribution in [3.63, 3.8) is 0 Å². The molecule has 0 aliphatic rings. The number of halogens is 2. The summed E-state index contributed by atoms with van der Waals surface area (Å²) in [6.07, 6.45) is 3.38. The predicted octanol–water partition coefficient (Wildman–Crippen LogP) is 4.85. The average Bonchev–Trinajstić information content (AvgIpc) is 3.16. The second-order valence-corrected chi connectivity index (χ2v) is 9.93. The minimum Gasteiger partial charge on any atom is -0.347 e. The maximum Gasteiger partial charge on any atom is 0.261 e. The van der Waals surface area contributed by atoms with Crippen LogP contribution < -0.4 is 5.32 Å². The molecule has 0 atom stereocenters. The highest BCUT2D eigenvalue weighted by molar-refractivity contribution is 7.91. The molecule has 0 radical (unpaired) electrons. The van der Waals surface area contributed by atoms with Gasteiger partial charge in [0.25, 0.3) is 5.91 Å². The van der Waals surface area contributed by atoms with Crippen LogP contribution in [0.4, 0.5) is 4.39 Å². The van der Waals surface area contributed by atoms with E-state index in [4.69, 9.17) is 11.6 Å². The molecule has 1 N–H and O–H groups in total. The highest BCUT2D eigenvalue weighted by atomic mass is 35.5. The van der Waals surface area contributed by atoms with E-state index in [1.165, 1.54) is 29.5 Å². The molecule has 0 saturated heterocycles. The first kappa shape index (κ1) is 20.5. The van der Waals surface area contributed by atoms with Gasteiger partial charge in [-0.05, 0) is 53.4 Å². The van der Waals surface area contributed by atoms with E-state index >= 15 is 0 Å². The number of carbonyl (C=O) groups is 1. The fourth-order valence-electron chi connectivity index (χ4n) is 2.87. The number of aromatic nitrogens is 1. The molecule has 2 aromatic carbocycles. The molecule has 152 valence electrons. The lowest BCUT2D eigenvalue weighted by atomic mass is 10.2. The predicted molar refractivity (Wildman–Crippen MR) is 114 cm³/mol. The summed E-state index contributed by atoms with van der Waals surface area (Å²) >= 11 is 7.12. The van der Waals surface area contributed by atoms with E-state index < -0.39 is 15.7 Å². The molecule has 0 spiro atoms. The number of amides is 1. The van der Waals surface area contributed by atoms with Crippen LogP contribution in [-0.4, -0.2) is 19.3 Å². The monoisotopic (exact) mass is 460 g/mol. The number of hydrogen-bond acceptors (Lipinski definition) is 5. The van der Waals surface area contributed by atoms with Crippen molar-refractivity contribution < 1.29 is 17.6 Å². The van der Waals surface area contributed by atoms with Gasteiger partial charge in [-0.15, -0.1) is 11.3 Å². The minimum atomic E-state index is -3.91. The summed E-state index contributed by atoms with van der Waals surface area (Å²) in [5, 5.41) is 3.77. The number of nitrogens with one attached hydrogen (secondary N) is 1. The SMILES string of the molecule is O=C(NCc1ccc(S(=O)(=O)c2cc(F)cc(Cl)c2)cc1)c1cc2ccncc2s1. The first-order valence-corrected chi connectivity index (χ1v) is 11.4. The second kappa shape index (κ2) is 8.14. The van der Waals surface area contributed by atoms with Gasteiger partial charge < -0.3 is 5.32 Å². The van der Waals surface area contributed by atoms with Crippen molar-refractivity contribution in [2.45, 2.75) is 16.3 Å². The maximum atomic E-state index is 13.5. The zero-order valence-electron chi connectivity index (χ0n) is 15.3. The Bertz CT molecular complexity index is 1300. The van der Waals surface area contributed by atoms with Crippen molar-refractivity contribution in [2.75, 3.05) is 0 Å². The van der Waals surface area contributed by atoms with Gasteiger partial charge >= 0.3 is 0 Å². The van der Waals surface area contributed by atoms with Crippen molar-refractivity contribution in [2.24, 2.45) is 0 Å². The van der Waals surface area contributed by atoms with Crippen LogP contribution in [0.25, 0.3) is 10.1 Å². The second-order valence-electron chi connectivity index (χ2n) is 6.46. The fourth-order valence-corrected chi connectivity index (χ4v) is 5.42. The molecule has 4 rings (SSSR count). The smallest absolute Gasteiger partial charge is 0.261 e. The lowest BCUT2D eigenvalue weighted by molar-refractivity contribution is 0.0955. The van der Waals surface area contributed by atoms with Crippen LogP contribution in [0.5, 0.6) is 0 Å². The standard InChI is InChI=1S/C21H14ClFN2O3S2/c22-15-8-16(23)10-18(9-15)30(27,28)17-3-1-13(2-4-17)11-25-21(26)19-7-14-5-6-24-12-20(14)29-19/h1-10,12H,11H2,(H,25,26). The van der Waals surface area contributed by atoms with E-state index in [9.17, 15) is 17.6 Å². The van der Waals surface area contributed by atoms with Crippen LogP contribution in [0.2, 0.25) is 5.02 Å². The summed E-state index contributed by atoms with van der Waals surface area (Å²) in [6, 6.07) is 12.8. The van der Waals surface area contributed by atoms with Gasteiger partial charge in [0.15, 0.2) is 0 Å². The lowest BCUT2D eigenvalue weighted by Crippen LogP contribution is -2.21. The maximum absolute atomic E-state index is 13.5. The summed E-state index contributed by atoms with van der Waals surface area (Å²) in [6.45, 7) is 0.234. The Morgan fingerprint density at radius 1 is 1.07 bits per heavy atom. The molecular formula is C21H14ClFN2O3S2. The molecule has 9 heteroatoms. The molecule has 0 aliphatic carbocycles. The summed E-state index contributed by atoms with van der Waals surface area (Å²) in [4.78, 5) is 16.8. The molecule has 4 aromatic rings. The van der Waals surface area contributed by atoms with Gasteiger partial charge in [-0.3, -0.25) is 9.78 Å². The van der Waals surface area contributed by atoms with Crippen LogP contribution >= 0.6 is 22.9 Å². The van der Waals surface area contributed by atoms with E-state index in [0.717, 1.165) is 27.8 Å². The Hall–Kier alpha value is -2.81. The van der Waals surface area contributed by atoms with Crippen LogP contribution in [0, 0.1) is 5.82 Å². The summed E-state index contributed by atoms with van der Waals surface area (Å²) < 4.78 is 39.8. The number of fused-ring (bicyclic) bond motifs is 1. The van der Waals surface area contributed by atoms with E-state index in [1.54, 1.807) is 30.6 Å². The Balaban J connectivity index is 1.47. The zero-order chi connectivity index (χ0) is 21.3. The molecule has 1 amide bonds. The minimum absolute atomic E-state index is 0.00456. The lowest BCUT2D eigenvalue weighted by Gasteiger charge is -2.08. The third-order valence-electron chi connectivity index (χ3n) is 4.38. The molecule has 2 heterocycles. The highest BCUT2D eigenvalue weighted by Gasteiger charge is 2.19. The van der Waals surface area contributed by atoms with Crippen LogP contribution in [0.1, 0.15) is 15.2 Å². The molecule has 2 aromatic heterocycles. The normalized spacial score (nSPS) is 11.5. The molecule has 0 aliphatic heterocycles. The third kappa shape index (κ3) is 4.21. The topological polar surface area (TPSA) is 76.1 Å². The van der Waals surface area contributed by atoms with Crippen LogP contribution in [-0.2, 0) is 16.4 Å². The van der Waals surface area contributed by atoms with Gasteiger partial charge in [0.1, 0.15) is 5.82 Å². The number of rotatable bonds is 5. The van der Waals surface area contributed by atoms with Gasteiger partial charge in [-0.25, -0.2) is 12.8 Å². The van der Waals surface area contributed by atoms with Crippen molar-refractivity contribution in [1.29, 1.82) is 0 Å². The van der Waals surface area contributed by atoms with Crippen molar-refractivity contribution in [3.05, 3.63) is 88.3 Å². The van der Waals surface area contributed by atoms with Crippen LogP contribution in [0.15, 0.2) is 76.8 Å². The number of pyridine rings is 1. The van der Waals surface area contributed by atoms with Gasteiger partial charge in [-0.2, -0.15) is 0 Å². The summed E-state index contributed by atoms with van der Waals surface area (Å²) in [7, 11) is -3.91. The number of sulfone groups is 1. The number of carbonyl (C=O) groups excluding carboxylic acids is 1. The first-order valence-electron chi connectivity index (χ1n) is 8.75. The van der Waals surface area contributed by atoms with Gasteiger partial charge in [0, 0.05) is 24.0 Å².